The fourth-order valence-electron chi connectivity index (χ4n) is 2.19. The highest BCUT2D eigenvalue weighted by Gasteiger charge is 2.45. The van der Waals surface area contributed by atoms with Crippen LogP contribution < -0.4 is 0 Å². The van der Waals surface area contributed by atoms with E-state index in [1.54, 1.807) is 11.8 Å². The largest absolute Gasteiger partial charge is 0.481 e. The van der Waals surface area contributed by atoms with Gasteiger partial charge in [0.2, 0.25) is 0 Å². The van der Waals surface area contributed by atoms with Crippen molar-refractivity contribution >= 4 is 17.7 Å². The van der Waals surface area contributed by atoms with E-state index in [1.165, 1.54) is 4.90 Å². The maximum atomic E-state index is 11.3. The smallest absolute Gasteiger partial charge is 0.314 e. The van der Waals surface area contributed by atoms with Crippen LogP contribution in [0, 0.1) is 0 Å². The van der Waals surface area contributed by atoms with Crippen LogP contribution in [-0.2, 0) is 10.2 Å². The first kappa shape index (κ1) is 11.5. The first-order chi connectivity index (χ1) is 7.69. The highest BCUT2D eigenvalue weighted by atomic mass is 32.2. The fourth-order valence-corrected chi connectivity index (χ4v) is 2.86. The Morgan fingerprint density at radius 1 is 1.38 bits per heavy atom. The lowest BCUT2D eigenvalue weighted by atomic mass is 9.64. The zero-order valence-electron chi connectivity index (χ0n) is 9.40. The summed E-state index contributed by atoms with van der Waals surface area (Å²) < 4.78 is 0. The quantitative estimate of drug-likeness (QED) is 0.815. The van der Waals surface area contributed by atoms with Gasteiger partial charge in [-0.05, 0) is 36.3 Å². The van der Waals surface area contributed by atoms with Crippen LogP contribution in [0.5, 0.6) is 0 Å². The maximum Gasteiger partial charge on any atom is 0.314 e. The van der Waals surface area contributed by atoms with Crippen LogP contribution in [0.2, 0.25) is 0 Å². The maximum absolute atomic E-state index is 11.3. The lowest BCUT2D eigenvalue weighted by Gasteiger charge is -2.38. The van der Waals surface area contributed by atoms with Gasteiger partial charge in [0.15, 0.2) is 0 Å². The lowest BCUT2D eigenvalue weighted by molar-refractivity contribution is -0.147. The fraction of sp³-hybridized carbons (Fsp3) is 0.462. The molecule has 1 N–H and O–H groups in total. The average Bonchev–Trinajstić information content (AvgIpc) is 2.18. The summed E-state index contributed by atoms with van der Waals surface area (Å²) in [5.41, 5.74) is 0.377. The molecule has 1 aromatic carbocycles. The number of rotatable bonds is 4. The minimum absolute atomic E-state index is 0.588. The molecule has 86 valence electrons. The van der Waals surface area contributed by atoms with Crippen molar-refractivity contribution in [3.05, 3.63) is 29.8 Å². The first-order valence-electron chi connectivity index (χ1n) is 5.66. The first-order valence-corrected chi connectivity index (χ1v) is 6.64. The number of carbonyl (C=O) groups is 1. The van der Waals surface area contributed by atoms with Gasteiger partial charge >= 0.3 is 5.97 Å². The van der Waals surface area contributed by atoms with Crippen molar-refractivity contribution in [1.82, 2.24) is 0 Å². The molecule has 1 saturated carbocycles. The molecular formula is C13H16O2S. The molecular weight excluding hydrogens is 220 g/mol. The minimum Gasteiger partial charge on any atom is -0.481 e. The van der Waals surface area contributed by atoms with Crippen molar-refractivity contribution in [1.29, 1.82) is 0 Å². The van der Waals surface area contributed by atoms with Gasteiger partial charge < -0.3 is 5.11 Å². The van der Waals surface area contributed by atoms with Crippen LogP contribution in [0.4, 0.5) is 0 Å². The Hall–Kier alpha value is -0.960. The van der Waals surface area contributed by atoms with Gasteiger partial charge in [0, 0.05) is 4.90 Å². The van der Waals surface area contributed by atoms with E-state index in [2.05, 4.69) is 6.92 Å². The van der Waals surface area contributed by atoms with Crippen molar-refractivity contribution in [3.63, 3.8) is 0 Å². The van der Waals surface area contributed by atoms with Gasteiger partial charge in [-0.3, -0.25) is 4.79 Å². The summed E-state index contributed by atoms with van der Waals surface area (Å²) in [7, 11) is 0. The Kier molecular flexibility index (Phi) is 3.24. The summed E-state index contributed by atoms with van der Waals surface area (Å²) in [5.74, 6) is 0.373. The van der Waals surface area contributed by atoms with E-state index < -0.39 is 11.4 Å². The molecule has 0 heterocycles. The van der Waals surface area contributed by atoms with Crippen molar-refractivity contribution in [2.45, 2.75) is 36.5 Å². The second-order valence-corrected chi connectivity index (χ2v) is 5.54. The number of carboxylic acids is 1. The number of hydrogen-bond donors (Lipinski definition) is 1. The van der Waals surface area contributed by atoms with Crippen LogP contribution in [0.3, 0.4) is 0 Å². The van der Waals surface area contributed by atoms with Gasteiger partial charge in [-0.2, -0.15) is 0 Å². The van der Waals surface area contributed by atoms with Crippen LogP contribution in [0.1, 0.15) is 31.7 Å². The normalized spacial score (nSPS) is 17.8. The molecule has 0 aliphatic heterocycles. The molecule has 1 aromatic rings. The Morgan fingerprint density at radius 2 is 2.00 bits per heavy atom. The summed E-state index contributed by atoms with van der Waals surface area (Å²) in [6.45, 7) is 2.11. The topological polar surface area (TPSA) is 37.3 Å². The molecule has 0 atom stereocenters. The summed E-state index contributed by atoms with van der Waals surface area (Å²) in [6, 6.07) is 8.02. The molecule has 0 spiro atoms. The van der Waals surface area contributed by atoms with Crippen molar-refractivity contribution in [2.75, 3.05) is 5.75 Å². The van der Waals surface area contributed by atoms with E-state index in [0.29, 0.717) is 0 Å². The zero-order valence-corrected chi connectivity index (χ0v) is 10.2. The molecule has 0 amide bonds. The lowest BCUT2D eigenvalue weighted by Crippen LogP contribution is -2.42. The van der Waals surface area contributed by atoms with E-state index in [-0.39, 0.29) is 0 Å². The standard InChI is InChI=1S/C13H16O2S/c1-2-16-11-6-4-10(5-7-11)13(12(14)15)8-3-9-13/h4-7H,2-3,8-9H2,1H3,(H,14,15). The Balaban J connectivity index is 2.23. The van der Waals surface area contributed by atoms with Crippen molar-refractivity contribution < 1.29 is 9.90 Å². The number of benzene rings is 1. The van der Waals surface area contributed by atoms with Crippen LogP contribution in [0.25, 0.3) is 0 Å². The molecule has 0 saturated heterocycles. The molecule has 1 fully saturated rings. The van der Waals surface area contributed by atoms with E-state index in [4.69, 9.17) is 0 Å². The third kappa shape index (κ3) is 1.84. The molecule has 0 aromatic heterocycles. The van der Waals surface area contributed by atoms with E-state index >= 15 is 0 Å². The van der Waals surface area contributed by atoms with Crippen LogP contribution in [0.15, 0.2) is 29.2 Å². The van der Waals surface area contributed by atoms with Gasteiger partial charge in [0.25, 0.3) is 0 Å². The van der Waals surface area contributed by atoms with Crippen molar-refractivity contribution in [2.24, 2.45) is 0 Å². The number of aliphatic carboxylic acids is 1. The van der Waals surface area contributed by atoms with E-state index in [0.717, 1.165) is 30.6 Å². The zero-order chi connectivity index (χ0) is 11.6. The molecule has 0 radical (unpaired) electrons. The minimum atomic E-state index is -0.672. The Labute approximate surface area is 100 Å². The van der Waals surface area contributed by atoms with Crippen molar-refractivity contribution in [3.8, 4) is 0 Å². The van der Waals surface area contributed by atoms with E-state index in [9.17, 15) is 9.90 Å². The SMILES string of the molecule is CCSc1ccc(C2(C(=O)O)CCC2)cc1. The van der Waals surface area contributed by atoms with Gasteiger partial charge in [0.1, 0.15) is 0 Å². The number of carboxylic acid groups (broad SMARTS) is 1. The molecule has 2 nitrogen and oxygen atoms in total. The third-order valence-electron chi connectivity index (χ3n) is 3.33. The summed E-state index contributed by atoms with van der Waals surface area (Å²) >= 11 is 1.78. The monoisotopic (exact) mass is 236 g/mol. The third-order valence-corrected chi connectivity index (χ3v) is 4.23. The highest BCUT2D eigenvalue weighted by molar-refractivity contribution is 7.99. The highest BCUT2D eigenvalue weighted by Crippen LogP contribution is 2.44. The summed E-state index contributed by atoms with van der Waals surface area (Å²) in [6.07, 6.45) is 2.59. The molecule has 1 aliphatic carbocycles. The van der Waals surface area contributed by atoms with E-state index in [1.807, 2.05) is 24.3 Å². The predicted octanol–water partition coefficient (Wildman–Crippen LogP) is 3.30. The number of thioether (sulfide) groups is 1. The predicted molar refractivity (Wildman–Crippen MR) is 66.0 cm³/mol. The average molecular weight is 236 g/mol. The van der Waals surface area contributed by atoms with Crippen LogP contribution >= 0.6 is 11.8 Å². The molecule has 0 bridgehead atoms. The summed E-state index contributed by atoms with van der Waals surface area (Å²) in [4.78, 5) is 12.5. The molecule has 2 rings (SSSR count). The second-order valence-electron chi connectivity index (χ2n) is 4.20. The Bertz CT molecular complexity index is 379. The Morgan fingerprint density at radius 3 is 2.38 bits per heavy atom. The molecule has 16 heavy (non-hydrogen) atoms. The summed E-state index contributed by atoms with van der Waals surface area (Å²) in [5, 5.41) is 9.30. The number of hydrogen-bond acceptors (Lipinski definition) is 2. The molecule has 3 heteroatoms. The van der Waals surface area contributed by atoms with Gasteiger partial charge in [-0.1, -0.05) is 25.5 Å². The van der Waals surface area contributed by atoms with Gasteiger partial charge in [0.05, 0.1) is 5.41 Å². The second kappa shape index (κ2) is 4.50. The molecule has 0 unspecified atom stereocenters. The van der Waals surface area contributed by atoms with Gasteiger partial charge in [-0.25, -0.2) is 0 Å². The molecule has 1 aliphatic rings. The van der Waals surface area contributed by atoms with Gasteiger partial charge in [-0.15, -0.1) is 11.8 Å². The van der Waals surface area contributed by atoms with Crippen LogP contribution in [-0.4, -0.2) is 16.8 Å².